The molecule has 0 amide bonds. The lowest BCUT2D eigenvalue weighted by Gasteiger charge is -2.07. The van der Waals surface area contributed by atoms with Gasteiger partial charge in [-0.2, -0.15) is 0 Å². The summed E-state index contributed by atoms with van der Waals surface area (Å²) in [5, 5.41) is 15.0. The molecular formula is C13H16N4OS. The van der Waals surface area contributed by atoms with Crippen LogP contribution in [0.2, 0.25) is 0 Å². The van der Waals surface area contributed by atoms with Crippen molar-refractivity contribution in [3.63, 3.8) is 0 Å². The highest BCUT2D eigenvalue weighted by Gasteiger charge is 2.07. The molecule has 0 aliphatic heterocycles. The van der Waals surface area contributed by atoms with Gasteiger partial charge in [-0.15, -0.1) is 11.3 Å². The molecule has 5 nitrogen and oxygen atoms in total. The summed E-state index contributed by atoms with van der Waals surface area (Å²) in [6, 6.07) is 7.96. The number of hydrogen-bond donors (Lipinski definition) is 3. The molecule has 0 atom stereocenters. The van der Waals surface area contributed by atoms with Gasteiger partial charge in [0.05, 0.1) is 0 Å². The van der Waals surface area contributed by atoms with Crippen LogP contribution in [0.5, 0.6) is 0 Å². The predicted molar refractivity (Wildman–Crippen MR) is 76.3 cm³/mol. The van der Waals surface area contributed by atoms with Gasteiger partial charge in [0.25, 0.3) is 0 Å². The number of nitrogens with one attached hydrogen (secondary N) is 1. The van der Waals surface area contributed by atoms with Crippen LogP contribution in [0.4, 0.5) is 0 Å². The van der Waals surface area contributed by atoms with Crippen LogP contribution >= 0.6 is 11.3 Å². The van der Waals surface area contributed by atoms with Crippen LogP contribution in [0.15, 0.2) is 35.6 Å². The standard InChI is InChI=1S/C13H16N4OS/c1-9-4-5-11(19-9)8-15-7-10-3-2-6-16-12(10)13(14)17-18/h2-6,15,18H,7-8H2,1H3,(H2,14,17). The Kier molecular flexibility index (Phi) is 4.48. The minimum absolute atomic E-state index is 0.0318. The number of pyridine rings is 1. The summed E-state index contributed by atoms with van der Waals surface area (Å²) in [6.07, 6.45) is 1.62. The van der Waals surface area contributed by atoms with Gasteiger partial charge in [0.2, 0.25) is 0 Å². The third-order valence-electron chi connectivity index (χ3n) is 2.65. The van der Waals surface area contributed by atoms with Crippen molar-refractivity contribution in [1.82, 2.24) is 10.3 Å². The first-order valence-electron chi connectivity index (χ1n) is 5.88. The minimum atomic E-state index is 0.0318. The Morgan fingerprint density at radius 1 is 1.42 bits per heavy atom. The van der Waals surface area contributed by atoms with Crippen molar-refractivity contribution in [2.75, 3.05) is 0 Å². The SMILES string of the molecule is Cc1ccc(CNCc2cccnc2C(N)=NO)s1. The van der Waals surface area contributed by atoms with Gasteiger partial charge >= 0.3 is 0 Å². The molecule has 0 saturated carbocycles. The van der Waals surface area contributed by atoms with E-state index in [-0.39, 0.29) is 5.84 Å². The monoisotopic (exact) mass is 276 g/mol. The number of aryl methyl sites for hydroxylation is 1. The second-order valence-corrected chi connectivity index (χ2v) is 5.48. The van der Waals surface area contributed by atoms with E-state index >= 15 is 0 Å². The van der Waals surface area contributed by atoms with E-state index in [2.05, 4.69) is 34.5 Å². The number of nitrogens with two attached hydrogens (primary N) is 1. The molecule has 0 spiro atoms. The Hall–Kier alpha value is -1.92. The molecule has 0 aliphatic carbocycles. The topological polar surface area (TPSA) is 83.5 Å². The molecule has 4 N–H and O–H groups in total. The van der Waals surface area contributed by atoms with Gasteiger partial charge in [0, 0.05) is 29.0 Å². The first kappa shape index (κ1) is 13.5. The second kappa shape index (κ2) is 6.31. The summed E-state index contributed by atoms with van der Waals surface area (Å²) >= 11 is 1.77. The average molecular weight is 276 g/mol. The van der Waals surface area contributed by atoms with E-state index in [9.17, 15) is 0 Å². The predicted octanol–water partition coefficient (Wildman–Crippen LogP) is 1.84. The molecule has 0 bridgehead atoms. The van der Waals surface area contributed by atoms with Crippen molar-refractivity contribution in [2.24, 2.45) is 10.9 Å². The number of hydrogen-bond acceptors (Lipinski definition) is 5. The number of thiophene rings is 1. The highest BCUT2D eigenvalue weighted by molar-refractivity contribution is 7.11. The summed E-state index contributed by atoms with van der Waals surface area (Å²) in [7, 11) is 0. The third kappa shape index (κ3) is 3.52. The largest absolute Gasteiger partial charge is 0.409 e. The van der Waals surface area contributed by atoms with E-state index in [0.29, 0.717) is 12.2 Å². The zero-order valence-electron chi connectivity index (χ0n) is 10.6. The van der Waals surface area contributed by atoms with Crippen molar-refractivity contribution in [1.29, 1.82) is 0 Å². The first-order valence-corrected chi connectivity index (χ1v) is 6.70. The molecule has 0 unspecified atom stereocenters. The maximum absolute atomic E-state index is 8.72. The van der Waals surface area contributed by atoms with Gasteiger partial charge in [0.1, 0.15) is 5.69 Å². The van der Waals surface area contributed by atoms with Crippen molar-refractivity contribution in [3.8, 4) is 0 Å². The van der Waals surface area contributed by atoms with Gasteiger partial charge in [-0.25, -0.2) is 0 Å². The van der Waals surface area contributed by atoms with E-state index in [1.165, 1.54) is 9.75 Å². The molecule has 6 heteroatoms. The first-order chi connectivity index (χ1) is 9.20. The summed E-state index contributed by atoms with van der Waals surface area (Å²) in [4.78, 5) is 6.71. The molecule has 2 aromatic heterocycles. The zero-order chi connectivity index (χ0) is 13.7. The van der Waals surface area contributed by atoms with Gasteiger partial charge < -0.3 is 16.3 Å². The highest BCUT2D eigenvalue weighted by atomic mass is 32.1. The number of nitrogens with zero attached hydrogens (tertiary/aromatic N) is 2. The second-order valence-electron chi connectivity index (χ2n) is 4.11. The summed E-state index contributed by atoms with van der Waals surface area (Å²) in [5.74, 6) is 0.0318. The summed E-state index contributed by atoms with van der Waals surface area (Å²) in [5.41, 5.74) is 7.02. The van der Waals surface area contributed by atoms with Crippen LogP contribution in [-0.4, -0.2) is 16.0 Å². The molecule has 2 heterocycles. The van der Waals surface area contributed by atoms with E-state index < -0.39 is 0 Å². The lowest BCUT2D eigenvalue weighted by molar-refractivity contribution is 0.318. The van der Waals surface area contributed by atoms with Gasteiger partial charge in [-0.1, -0.05) is 11.2 Å². The highest BCUT2D eigenvalue weighted by Crippen LogP contribution is 2.14. The molecule has 0 fully saturated rings. The molecule has 0 saturated heterocycles. The molecule has 0 radical (unpaired) electrons. The Bertz CT molecular complexity index is 580. The fourth-order valence-corrected chi connectivity index (χ4v) is 2.62. The number of rotatable bonds is 5. The maximum Gasteiger partial charge on any atom is 0.189 e. The number of amidine groups is 1. The number of aromatic nitrogens is 1. The number of oxime groups is 1. The van der Waals surface area contributed by atoms with Gasteiger partial charge in [-0.3, -0.25) is 4.98 Å². The molecule has 2 rings (SSSR count). The molecule has 100 valence electrons. The van der Waals surface area contributed by atoms with Crippen LogP contribution in [-0.2, 0) is 13.1 Å². The van der Waals surface area contributed by atoms with Crippen LogP contribution in [0.1, 0.15) is 21.0 Å². The van der Waals surface area contributed by atoms with Crippen LogP contribution in [0.3, 0.4) is 0 Å². The Labute approximate surface area is 115 Å². The molecule has 0 aromatic carbocycles. The molecule has 19 heavy (non-hydrogen) atoms. The van der Waals surface area contributed by atoms with Crippen LogP contribution < -0.4 is 11.1 Å². The summed E-state index contributed by atoms with van der Waals surface area (Å²) in [6.45, 7) is 3.51. The summed E-state index contributed by atoms with van der Waals surface area (Å²) < 4.78 is 0. The van der Waals surface area contributed by atoms with E-state index in [4.69, 9.17) is 10.9 Å². The van der Waals surface area contributed by atoms with E-state index in [0.717, 1.165) is 12.1 Å². The lowest BCUT2D eigenvalue weighted by Crippen LogP contribution is -2.21. The zero-order valence-corrected chi connectivity index (χ0v) is 11.4. The Balaban J connectivity index is 2.00. The van der Waals surface area contributed by atoms with Crippen molar-refractivity contribution in [3.05, 3.63) is 51.5 Å². The van der Waals surface area contributed by atoms with Crippen molar-refractivity contribution in [2.45, 2.75) is 20.0 Å². The van der Waals surface area contributed by atoms with E-state index in [1.54, 1.807) is 17.5 Å². The Morgan fingerprint density at radius 3 is 2.95 bits per heavy atom. The normalized spacial score (nSPS) is 11.7. The fourth-order valence-electron chi connectivity index (χ4n) is 1.76. The quantitative estimate of drug-likeness (QED) is 0.337. The molecular weight excluding hydrogens is 260 g/mol. The van der Waals surface area contributed by atoms with Gasteiger partial charge in [0.15, 0.2) is 5.84 Å². The lowest BCUT2D eigenvalue weighted by atomic mass is 10.2. The average Bonchev–Trinajstić information content (AvgIpc) is 2.84. The van der Waals surface area contributed by atoms with Crippen LogP contribution in [0.25, 0.3) is 0 Å². The van der Waals surface area contributed by atoms with Crippen LogP contribution in [0, 0.1) is 6.92 Å². The van der Waals surface area contributed by atoms with Crippen molar-refractivity contribution < 1.29 is 5.21 Å². The van der Waals surface area contributed by atoms with Crippen molar-refractivity contribution >= 4 is 17.2 Å². The fraction of sp³-hybridized carbons (Fsp3) is 0.231. The van der Waals surface area contributed by atoms with Gasteiger partial charge in [-0.05, 0) is 30.7 Å². The molecule has 0 aliphatic rings. The minimum Gasteiger partial charge on any atom is -0.409 e. The maximum atomic E-state index is 8.72. The third-order valence-corrected chi connectivity index (χ3v) is 3.65. The smallest absolute Gasteiger partial charge is 0.189 e. The van der Waals surface area contributed by atoms with E-state index in [1.807, 2.05) is 12.1 Å². The Morgan fingerprint density at radius 2 is 2.26 bits per heavy atom. The molecule has 2 aromatic rings.